The molecule has 0 aliphatic heterocycles. The second-order valence-electron chi connectivity index (χ2n) is 7.22. The molecule has 3 nitrogen and oxygen atoms in total. The van der Waals surface area contributed by atoms with E-state index in [4.69, 9.17) is 10.8 Å². The first kappa shape index (κ1) is 12.0. The minimum Gasteiger partial charge on any atom is -0.324 e. The predicted octanol–water partition coefficient (Wildman–Crippen LogP) is 3.06. The fraction of sp³-hybridized carbons (Fsp3) is 0.812. The Hall–Kier alpha value is -0.830. The lowest BCUT2D eigenvalue weighted by Crippen LogP contribution is -2.47. The van der Waals surface area contributed by atoms with Crippen LogP contribution in [0.5, 0.6) is 0 Å². The van der Waals surface area contributed by atoms with E-state index in [1.165, 1.54) is 57.1 Å². The topological polar surface area (TPSA) is 43.8 Å². The van der Waals surface area contributed by atoms with E-state index in [-0.39, 0.29) is 5.54 Å². The van der Waals surface area contributed by atoms with Gasteiger partial charge in [0.2, 0.25) is 0 Å². The van der Waals surface area contributed by atoms with Gasteiger partial charge in [-0.05, 0) is 50.0 Å². The molecule has 3 fully saturated rings. The van der Waals surface area contributed by atoms with Gasteiger partial charge in [0.1, 0.15) is 0 Å². The van der Waals surface area contributed by atoms with E-state index >= 15 is 0 Å². The van der Waals surface area contributed by atoms with Crippen molar-refractivity contribution in [3.63, 3.8) is 0 Å². The quantitative estimate of drug-likeness (QED) is 0.906. The standard InChI is InChI=1S/C16H25N3/c17-16(10-12-5-6-13(16)9-12)11-14-7-8-19(18-14)15-3-1-2-4-15/h7-8,12-13,15H,1-6,9-11,17H2. The molecule has 1 heterocycles. The molecular weight excluding hydrogens is 234 g/mol. The number of hydrogen-bond acceptors (Lipinski definition) is 2. The number of nitrogens with two attached hydrogens (primary N) is 1. The van der Waals surface area contributed by atoms with E-state index in [1.807, 2.05) is 0 Å². The van der Waals surface area contributed by atoms with Crippen LogP contribution in [0.2, 0.25) is 0 Å². The molecular formula is C16H25N3. The monoisotopic (exact) mass is 259 g/mol. The Bertz CT molecular complexity index is 460. The fourth-order valence-electron chi connectivity index (χ4n) is 4.88. The van der Waals surface area contributed by atoms with E-state index in [0.29, 0.717) is 6.04 Å². The Kier molecular flexibility index (Phi) is 2.73. The molecule has 3 saturated carbocycles. The maximum atomic E-state index is 6.69. The van der Waals surface area contributed by atoms with E-state index in [0.717, 1.165) is 18.3 Å². The van der Waals surface area contributed by atoms with Gasteiger partial charge < -0.3 is 5.73 Å². The van der Waals surface area contributed by atoms with Gasteiger partial charge in [-0.25, -0.2) is 0 Å². The van der Waals surface area contributed by atoms with Crippen molar-refractivity contribution in [2.45, 2.75) is 69.4 Å². The van der Waals surface area contributed by atoms with E-state index in [9.17, 15) is 0 Å². The van der Waals surface area contributed by atoms with Gasteiger partial charge in [-0.3, -0.25) is 4.68 Å². The van der Waals surface area contributed by atoms with Crippen molar-refractivity contribution < 1.29 is 0 Å². The van der Waals surface area contributed by atoms with Crippen molar-refractivity contribution in [3.05, 3.63) is 18.0 Å². The molecule has 3 unspecified atom stereocenters. The smallest absolute Gasteiger partial charge is 0.0643 e. The van der Waals surface area contributed by atoms with Crippen molar-refractivity contribution in [2.75, 3.05) is 0 Å². The molecule has 2 N–H and O–H groups in total. The average Bonchev–Trinajstić information content (AvgIpc) is 3.12. The van der Waals surface area contributed by atoms with Crippen molar-refractivity contribution in [2.24, 2.45) is 17.6 Å². The molecule has 2 bridgehead atoms. The largest absolute Gasteiger partial charge is 0.324 e. The summed E-state index contributed by atoms with van der Waals surface area (Å²) in [4.78, 5) is 0. The van der Waals surface area contributed by atoms with Gasteiger partial charge in [0.05, 0.1) is 11.7 Å². The predicted molar refractivity (Wildman–Crippen MR) is 75.8 cm³/mol. The lowest BCUT2D eigenvalue weighted by atomic mass is 9.78. The molecule has 3 atom stereocenters. The van der Waals surface area contributed by atoms with Crippen LogP contribution in [-0.2, 0) is 6.42 Å². The zero-order valence-electron chi connectivity index (χ0n) is 11.7. The summed E-state index contributed by atoms with van der Waals surface area (Å²) in [6.07, 6.45) is 13.9. The molecule has 0 aromatic carbocycles. The molecule has 1 aromatic heterocycles. The first-order valence-electron chi connectivity index (χ1n) is 8.06. The molecule has 1 aromatic rings. The van der Waals surface area contributed by atoms with Crippen LogP contribution in [0.3, 0.4) is 0 Å². The Morgan fingerprint density at radius 3 is 2.79 bits per heavy atom. The average molecular weight is 259 g/mol. The van der Waals surface area contributed by atoms with Crippen molar-refractivity contribution >= 4 is 0 Å². The molecule has 0 radical (unpaired) electrons. The highest BCUT2D eigenvalue weighted by Crippen LogP contribution is 2.50. The van der Waals surface area contributed by atoms with Gasteiger partial charge in [-0.2, -0.15) is 5.10 Å². The van der Waals surface area contributed by atoms with Crippen LogP contribution in [-0.4, -0.2) is 15.3 Å². The molecule has 3 heteroatoms. The van der Waals surface area contributed by atoms with Crippen LogP contribution < -0.4 is 5.73 Å². The Labute approximate surface area is 115 Å². The summed E-state index contributed by atoms with van der Waals surface area (Å²) in [7, 11) is 0. The van der Waals surface area contributed by atoms with E-state index in [2.05, 4.69) is 16.9 Å². The highest BCUT2D eigenvalue weighted by atomic mass is 15.3. The fourth-order valence-corrected chi connectivity index (χ4v) is 4.88. The second-order valence-corrected chi connectivity index (χ2v) is 7.22. The van der Waals surface area contributed by atoms with Crippen molar-refractivity contribution in [1.82, 2.24) is 9.78 Å². The van der Waals surface area contributed by atoms with Gasteiger partial charge in [-0.15, -0.1) is 0 Å². The molecule has 104 valence electrons. The highest BCUT2D eigenvalue weighted by molar-refractivity contribution is 5.13. The molecule has 3 aliphatic carbocycles. The Morgan fingerprint density at radius 2 is 2.11 bits per heavy atom. The number of aromatic nitrogens is 2. The molecule has 4 rings (SSSR count). The number of rotatable bonds is 3. The van der Waals surface area contributed by atoms with Gasteiger partial charge >= 0.3 is 0 Å². The van der Waals surface area contributed by atoms with Gasteiger partial charge in [-0.1, -0.05) is 19.3 Å². The zero-order valence-corrected chi connectivity index (χ0v) is 11.7. The first-order valence-corrected chi connectivity index (χ1v) is 8.06. The van der Waals surface area contributed by atoms with Crippen LogP contribution in [0.15, 0.2) is 12.3 Å². The summed E-state index contributed by atoms with van der Waals surface area (Å²) in [6.45, 7) is 0. The minimum atomic E-state index is 0.0533. The zero-order chi connectivity index (χ0) is 12.9. The highest BCUT2D eigenvalue weighted by Gasteiger charge is 2.48. The maximum absolute atomic E-state index is 6.69. The third-order valence-corrected chi connectivity index (χ3v) is 5.90. The van der Waals surface area contributed by atoms with Crippen molar-refractivity contribution in [3.8, 4) is 0 Å². The summed E-state index contributed by atoms with van der Waals surface area (Å²) in [5, 5.41) is 4.82. The summed E-state index contributed by atoms with van der Waals surface area (Å²) in [6, 6.07) is 2.86. The first-order chi connectivity index (χ1) is 9.23. The summed E-state index contributed by atoms with van der Waals surface area (Å²) in [5.41, 5.74) is 7.97. The molecule has 3 aliphatic rings. The molecule has 0 spiro atoms. The van der Waals surface area contributed by atoms with Crippen LogP contribution in [0.4, 0.5) is 0 Å². The number of nitrogens with zero attached hydrogens (tertiary/aromatic N) is 2. The van der Waals surface area contributed by atoms with Crippen LogP contribution in [0, 0.1) is 11.8 Å². The van der Waals surface area contributed by atoms with Crippen molar-refractivity contribution in [1.29, 1.82) is 0 Å². The lowest BCUT2D eigenvalue weighted by Gasteiger charge is -2.33. The third kappa shape index (κ3) is 2.03. The SMILES string of the molecule is NC1(Cc2ccn(C3CCCC3)n2)CC2CCC1C2. The van der Waals surface area contributed by atoms with E-state index in [1.54, 1.807) is 0 Å². The van der Waals surface area contributed by atoms with Gasteiger partial charge in [0, 0.05) is 18.2 Å². The minimum absolute atomic E-state index is 0.0533. The summed E-state index contributed by atoms with van der Waals surface area (Å²) in [5.74, 6) is 1.67. The van der Waals surface area contributed by atoms with Crippen LogP contribution in [0.25, 0.3) is 0 Å². The summed E-state index contributed by atoms with van der Waals surface area (Å²) >= 11 is 0. The molecule has 19 heavy (non-hydrogen) atoms. The third-order valence-electron chi connectivity index (χ3n) is 5.90. The van der Waals surface area contributed by atoms with E-state index < -0.39 is 0 Å². The lowest BCUT2D eigenvalue weighted by molar-refractivity contribution is 0.266. The second kappa shape index (κ2) is 4.34. The normalized spacial score (nSPS) is 38.4. The summed E-state index contributed by atoms with van der Waals surface area (Å²) < 4.78 is 2.21. The maximum Gasteiger partial charge on any atom is 0.0643 e. The number of fused-ring (bicyclic) bond motifs is 2. The Morgan fingerprint density at radius 1 is 1.26 bits per heavy atom. The number of hydrogen-bond donors (Lipinski definition) is 1. The van der Waals surface area contributed by atoms with Gasteiger partial charge in [0.15, 0.2) is 0 Å². The van der Waals surface area contributed by atoms with Crippen LogP contribution in [0.1, 0.15) is 63.1 Å². The van der Waals surface area contributed by atoms with Gasteiger partial charge in [0.25, 0.3) is 0 Å². The molecule has 0 amide bonds. The Balaban J connectivity index is 1.48. The molecule has 0 saturated heterocycles. The van der Waals surface area contributed by atoms with Crippen LogP contribution >= 0.6 is 0 Å².